The molecule has 25 heavy (non-hydrogen) atoms. The van der Waals surface area contributed by atoms with E-state index in [0.717, 1.165) is 63.2 Å². The van der Waals surface area contributed by atoms with Crippen molar-refractivity contribution in [1.29, 1.82) is 0 Å². The number of hydrogen-bond donors (Lipinski definition) is 1. The molecule has 1 aromatic rings. The van der Waals surface area contributed by atoms with Crippen LogP contribution >= 0.6 is 0 Å². The number of carbonyl (C=O) groups is 1. The average Bonchev–Trinajstić information content (AvgIpc) is 3.12. The van der Waals surface area contributed by atoms with Gasteiger partial charge in [0.1, 0.15) is 11.9 Å². The van der Waals surface area contributed by atoms with Gasteiger partial charge < -0.3 is 19.9 Å². The lowest BCUT2D eigenvalue weighted by atomic mass is 10.1. The molecule has 5 heteroatoms. The van der Waals surface area contributed by atoms with E-state index in [-0.39, 0.29) is 6.03 Å². The van der Waals surface area contributed by atoms with E-state index in [1.807, 2.05) is 29.2 Å². The largest absolute Gasteiger partial charge is 0.490 e. The van der Waals surface area contributed by atoms with Crippen LogP contribution in [0, 0.1) is 5.92 Å². The number of benzene rings is 1. The van der Waals surface area contributed by atoms with Crippen molar-refractivity contribution >= 4 is 6.03 Å². The second-order valence-electron chi connectivity index (χ2n) is 7.43. The molecule has 5 nitrogen and oxygen atoms in total. The highest BCUT2D eigenvalue weighted by molar-refractivity contribution is 5.74. The molecule has 0 aromatic heterocycles. The molecule has 2 fully saturated rings. The molecule has 1 aromatic carbocycles. The molecule has 2 heterocycles. The third-order valence-electron chi connectivity index (χ3n) is 5.49. The molecule has 2 saturated heterocycles. The fourth-order valence-corrected chi connectivity index (χ4v) is 3.62. The highest BCUT2D eigenvalue weighted by atomic mass is 16.5. The molecule has 0 spiro atoms. The zero-order chi connectivity index (χ0) is 17.6. The topological polar surface area (TPSA) is 44.8 Å². The second kappa shape index (κ2) is 8.56. The first-order chi connectivity index (χ1) is 12.1. The number of nitrogens with one attached hydrogen (secondary N) is 1. The second-order valence-corrected chi connectivity index (χ2v) is 7.43. The first kappa shape index (κ1) is 18.1. The van der Waals surface area contributed by atoms with Gasteiger partial charge in [0.2, 0.25) is 0 Å². The number of amides is 2. The van der Waals surface area contributed by atoms with Crippen molar-refractivity contribution < 1.29 is 9.53 Å². The monoisotopic (exact) mass is 345 g/mol. The van der Waals surface area contributed by atoms with Crippen LogP contribution < -0.4 is 10.1 Å². The Morgan fingerprint density at radius 3 is 2.52 bits per heavy atom. The van der Waals surface area contributed by atoms with E-state index in [1.165, 1.54) is 0 Å². The van der Waals surface area contributed by atoms with Gasteiger partial charge in [0.05, 0.1) is 0 Å². The summed E-state index contributed by atoms with van der Waals surface area (Å²) in [5, 5.41) is 3.03. The quantitative estimate of drug-likeness (QED) is 0.892. The van der Waals surface area contributed by atoms with Crippen molar-refractivity contribution in [2.45, 2.75) is 45.3 Å². The molecule has 0 aliphatic carbocycles. The number of hydrogen-bond acceptors (Lipinski definition) is 3. The van der Waals surface area contributed by atoms with Gasteiger partial charge in [-0.15, -0.1) is 0 Å². The Bertz CT molecular complexity index is 553. The minimum absolute atomic E-state index is 0.0580. The van der Waals surface area contributed by atoms with Crippen LogP contribution in [0.25, 0.3) is 0 Å². The Balaban J connectivity index is 1.42. The molecule has 138 valence electrons. The maximum Gasteiger partial charge on any atom is 0.317 e. The standard InChI is InChI=1S/C20H31N3O2/c1-3-16-8-13-23(15-16)20(24)21-14-17-4-6-18(7-5-17)25-19-9-11-22(2)12-10-19/h4-7,16,19H,3,8-15H2,1-2H3,(H,21,24)/t16-/m0/s1. The highest BCUT2D eigenvalue weighted by Crippen LogP contribution is 2.20. The molecule has 0 saturated carbocycles. The van der Waals surface area contributed by atoms with Crippen molar-refractivity contribution in [3.63, 3.8) is 0 Å². The molecule has 2 aliphatic heterocycles. The first-order valence-corrected chi connectivity index (χ1v) is 9.61. The van der Waals surface area contributed by atoms with Crippen LogP contribution in [0.5, 0.6) is 5.75 Å². The molecule has 2 aliphatic rings. The Kier molecular flexibility index (Phi) is 6.19. The van der Waals surface area contributed by atoms with Crippen molar-refractivity contribution in [2.75, 3.05) is 33.2 Å². The SMILES string of the molecule is CC[C@H]1CCN(C(=O)NCc2ccc(OC3CCN(C)CC3)cc2)C1. The fourth-order valence-electron chi connectivity index (χ4n) is 3.62. The summed E-state index contributed by atoms with van der Waals surface area (Å²) in [6.45, 7) is 6.75. The van der Waals surface area contributed by atoms with Crippen molar-refractivity contribution in [1.82, 2.24) is 15.1 Å². The summed E-state index contributed by atoms with van der Waals surface area (Å²) in [6, 6.07) is 8.18. The number of nitrogens with zero attached hydrogens (tertiary/aromatic N) is 2. The molecule has 0 radical (unpaired) electrons. The van der Waals surface area contributed by atoms with Gasteiger partial charge in [-0.1, -0.05) is 25.5 Å². The predicted molar refractivity (Wildman–Crippen MR) is 99.8 cm³/mol. The van der Waals surface area contributed by atoms with E-state index in [4.69, 9.17) is 4.74 Å². The van der Waals surface area contributed by atoms with Gasteiger partial charge in [0.25, 0.3) is 0 Å². The van der Waals surface area contributed by atoms with Gasteiger partial charge in [-0.25, -0.2) is 4.79 Å². The summed E-state index contributed by atoms with van der Waals surface area (Å²) in [4.78, 5) is 16.5. The Morgan fingerprint density at radius 1 is 1.16 bits per heavy atom. The minimum atomic E-state index is 0.0580. The molecule has 1 atom stereocenters. The molecule has 1 N–H and O–H groups in total. The molecular weight excluding hydrogens is 314 g/mol. The van der Waals surface area contributed by atoms with Crippen LogP contribution in [0.15, 0.2) is 24.3 Å². The van der Waals surface area contributed by atoms with Crippen LogP contribution in [-0.4, -0.2) is 55.2 Å². The number of urea groups is 1. The van der Waals surface area contributed by atoms with E-state index in [9.17, 15) is 4.79 Å². The lowest BCUT2D eigenvalue weighted by Crippen LogP contribution is -2.38. The number of rotatable bonds is 5. The summed E-state index contributed by atoms with van der Waals surface area (Å²) < 4.78 is 6.07. The number of carbonyl (C=O) groups excluding carboxylic acids is 1. The molecular formula is C20H31N3O2. The van der Waals surface area contributed by atoms with Crippen molar-refractivity contribution in [2.24, 2.45) is 5.92 Å². The number of likely N-dealkylation sites (tertiary alicyclic amines) is 2. The number of piperidine rings is 1. The Morgan fingerprint density at radius 2 is 1.88 bits per heavy atom. The number of ether oxygens (including phenoxy) is 1. The molecule has 2 amide bonds. The third kappa shape index (κ3) is 5.11. The Labute approximate surface area is 151 Å². The van der Waals surface area contributed by atoms with Gasteiger partial charge in [-0.2, -0.15) is 0 Å². The van der Waals surface area contributed by atoms with E-state index in [1.54, 1.807) is 0 Å². The third-order valence-corrected chi connectivity index (χ3v) is 5.49. The highest BCUT2D eigenvalue weighted by Gasteiger charge is 2.24. The summed E-state index contributed by atoms with van der Waals surface area (Å²) in [7, 11) is 2.16. The minimum Gasteiger partial charge on any atom is -0.490 e. The normalized spacial score (nSPS) is 22.2. The maximum absolute atomic E-state index is 12.2. The average molecular weight is 345 g/mol. The first-order valence-electron chi connectivity index (χ1n) is 9.61. The fraction of sp³-hybridized carbons (Fsp3) is 0.650. The summed E-state index contributed by atoms with van der Waals surface area (Å²) in [5.41, 5.74) is 1.11. The summed E-state index contributed by atoms with van der Waals surface area (Å²) in [5.74, 6) is 1.59. The van der Waals surface area contributed by atoms with Gasteiger partial charge >= 0.3 is 6.03 Å². The van der Waals surface area contributed by atoms with E-state index >= 15 is 0 Å². The van der Waals surface area contributed by atoms with Crippen LogP contribution in [0.1, 0.15) is 38.2 Å². The maximum atomic E-state index is 12.2. The van der Waals surface area contributed by atoms with Gasteiger partial charge in [-0.3, -0.25) is 0 Å². The zero-order valence-corrected chi connectivity index (χ0v) is 15.5. The van der Waals surface area contributed by atoms with Crippen molar-refractivity contribution in [3.05, 3.63) is 29.8 Å². The zero-order valence-electron chi connectivity index (χ0n) is 15.5. The van der Waals surface area contributed by atoms with Gasteiger partial charge in [0, 0.05) is 32.7 Å². The van der Waals surface area contributed by atoms with E-state index in [2.05, 4.69) is 24.2 Å². The lowest BCUT2D eigenvalue weighted by Gasteiger charge is -2.29. The van der Waals surface area contributed by atoms with E-state index in [0.29, 0.717) is 18.6 Å². The van der Waals surface area contributed by atoms with Crippen molar-refractivity contribution in [3.8, 4) is 5.75 Å². The molecule has 0 unspecified atom stereocenters. The van der Waals surface area contributed by atoms with Gasteiger partial charge in [0.15, 0.2) is 0 Å². The Hall–Kier alpha value is -1.75. The smallest absolute Gasteiger partial charge is 0.317 e. The van der Waals surface area contributed by atoms with Crippen LogP contribution in [-0.2, 0) is 6.54 Å². The summed E-state index contributed by atoms with van der Waals surface area (Å²) >= 11 is 0. The lowest BCUT2D eigenvalue weighted by molar-refractivity contribution is 0.114. The molecule has 0 bridgehead atoms. The predicted octanol–water partition coefficient (Wildman–Crippen LogP) is 3.10. The van der Waals surface area contributed by atoms with Crippen LogP contribution in [0.2, 0.25) is 0 Å². The summed E-state index contributed by atoms with van der Waals surface area (Å²) in [6.07, 6.45) is 4.78. The van der Waals surface area contributed by atoms with Crippen LogP contribution in [0.4, 0.5) is 4.79 Å². The van der Waals surface area contributed by atoms with Crippen LogP contribution in [0.3, 0.4) is 0 Å². The van der Waals surface area contributed by atoms with E-state index < -0.39 is 0 Å². The van der Waals surface area contributed by atoms with Gasteiger partial charge in [-0.05, 0) is 49.9 Å². The molecule has 3 rings (SSSR count).